The SMILES string of the molecule is Cc1ccc(C(C)C)cc1OCCN1CCN(c2ccccc2)CC1. The molecule has 0 aromatic heterocycles. The Morgan fingerprint density at radius 2 is 1.68 bits per heavy atom. The van der Waals surface area contributed by atoms with Gasteiger partial charge < -0.3 is 9.64 Å². The van der Waals surface area contributed by atoms with E-state index in [-0.39, 0.29) is 0 Å². The molecule has 3 heteroatoms. The van der Waals surface area contributed by atoms with E-state index in [2.05, 4.69) is 79.1 Å². The van der Waals surface area contributed by atoms with Gasteiger partial charge in [0.05, 0.1) is 0 Å². The zero-order valence-corrected chi connectivity index (χ0v) is 15.7. The van der Waals surface area contributed by atoms with Crippen molar-refractivity contribution in [2.45, 2.75) is 26.7 Å². The molecule has 1 saturated heterocycles. The van der Waals surface area contributed by atoms with Crippen LogP contribution in [0.15, 0.2) is 48.5 Å². The minimum Gasteiger partial charge on any atom is -0.492 e. The fourth-order valence-corrected chi connectivity index (χ4v) is 3.28. The Hall–Kier alpha value is -2.00. The van der Waals surface area contributed by atoms with Crippen LogP contribution in [0.3, 0.4) is 0 Å². The van der Waals surface area contributed by atoms with E-state index < -0.39 is 0 Å². The van der Waals surface area contributed by atoms with E-state index >= 15 is 0 Å². The molecule has 1 heterocycles. The third-order valence-corrected chi connectivity index (χ3v) is 5.04. The predicted octanol–water partition coefficient (Wildman–Crippen LogP) is 4.32. The van der Waals surface area contributed by atoms with Gasteiger partial charge in [-0.15, -0.1) is 0 Å². The molecule has 0 unspecified atom stereocenters. The summed E-state index contributed by atoms with van der Waals surface area (Å²) in [6.07, 6.45) is 0. The maximum Gasteiger partial charge on any atom is 0.122 e. The summed E-state index contributed by atoms with van der Waals surface area (Å²) < 4.78 is 6.09. The molecule has 1 aliphatic heterocycles. The first kappa shape index (κ1) is 17.8. The van der Waals surface area contributed by atoms with Gasteiger partial charge in [0, 0.05) is 38.4 Å². The van der Waals surface area contributed by atoms with Crippen LogP contribution in [0.2, 0.25) is 0 Å². The number of nitrogens with zero attached hydrogens (tertiary/aromatic N) is 2. The number of hydrogen-bond acceptors (Lipinski definition) is 3. The van der Waals surface area contributed by atoms with E-state index in [1.165, 1.54) is 16.8 Å². The van der Waals surface area contributed by atoms with Crippen molar-refractivity contribution >= 4 is 5.69 Å². The highest BCUT2D eigenvalue weighted by Gasteiger charge is 2.17. The predicted molar refractivity (Wildman–Crippen MR) is 106 cm³/mol. The maximum absolute atomic E-state index is 6.09. The van der Waals surface area contributed by atoms with E-state index in [1.807, 2.05) is 0 Å². The van der Waals surface area contributed by atoms with Gasteiger partial charge >= 0.3 is 0 Å². The molecule has 0 aliphatic carbocycles. The Morgan fingerprint density at radius 1 is 0.960 bits per heavy atom. The van der Waals surface area contributed by atoms with Crippen molar-refractivity contribution in [1.29, 1.82) is 0 Å². The van der Waals surface area contributed by atoms with Crippen LogP contribution in [-0.2, 0) is 0 Å². The van der Waals surface area contributed by atoms with Crippen LogP contribution in [-0.4, -0.2) is 44.2 Å². The van der Waals surface area contributed by atoms with Gasteiger partial charge in [-0.25, -0.2) is 0 Å². The largest absolute Gasteiger partial charge is 0.492 e. The van der Waals surface area contributed by atoms with E-state index in [0.29, 0.717) is 5.92 Å². The second-order valence-electron chi connectivity index (χ2n) is 7.19. The zero-order valence-electron chi connectivity index (χ0n) is 15.7. The molecular formula is C22H30N2O. The lowest BCUT2D eigenvalue weighted by molar-refractivity contribution is 0.200. The van der Waals surface area contributed by atoms with Crippen LogP contribution < -0.4 is 9.64 Å². The van der Waals surface area contributed by atoms with Crippen LogP contribution in [0.1, 0.15) is 30.9 Å². The van der Waals surface area contributed by atoms with Gasteiger partial charge in [0.1, 0.15) is 12.4 Å². The van der Waals surface area contributed by atoms with Crippen molar-refractivity contribution in [1.82, 2.24) is 4.90 Å². The fourth-order valence-electron chi connectivity index (χ4n) is 3.28. The summed E-state index contributed by atoms with van der Waals surface area (Å²) in [6.45, 7) is 12.7. The van der Waals surface area contributed by atoms with E-state index in [4.69, 9.17) is 4.74 Å². The van der Waals surface area contributed by atoms with Gasteiger partial charge in [0.15, 0.2) is 0 Å². The van der Waals surface area contributed by atoms with Gasteiger partial charge in [0.2, 0.25) is 0 Å². The number of ether oxygens (including phenoxy) is 1. The van der Waals surface area contributed by atoms with Crippen molar-refractivity contribution in [3.8, 4) is 5.75 Å². The third kappa shape index (κ3) is 4.76. The Labute approximate surface area is 152 Å². The average molecular weight is 338 g/mol. The molecular weight excluding hydrogens is 308 g/mol. The van der Waals surface area contributed by atoms with Crippen molar-refractivity contribution in [2.24, 2.45) is 0 Å². The summed E-state index contributed by atoms with van der Waals surface area (Å²) in [5, 5.41) is 0. The first-order chi connectivity index (χ1) is 12.1. The zero-order chi connectivity index (χ0) is 17.6. The van der Waals surface area contributed by atoms with Crippen LogP contribution in [0, 0.1) is 6.92 Å². The van der Waals surface area contributed by atoms with Crippen LogP contribution in [0.4, 0.5) is 5.69 Å². The minimum absolute atomic E-state index is 0.536. The van der Waals surface area contributed by atoms with E-state index in [0.717, 1.165) is 45.1 Å². The normalized spacial score (nSPS) is 15.6. The number of hydrogen-bond donors (Lipinski definition) is 0. The summed E-state index contributed by atoms with van der Waals surface area (Å²) >= 11 is 0. The molecule has 0 bridgehead atoms. The highest BCUT2D eigenvalue weighted by Crippen LogP contribution is 2.24. The first-order valence-electron chi connectivity index (χ1n) is 9.39. The minimum atomic E-state index is 0.536. The Balaban J connectivity index is 1.45. The van der Waals surface area contributed by atoms with Gasteiger partial charge in [-0.3, -0.25) is 4.90 Å². The maximum atomic E-state index is 6.09. The Kier molecular flexibility index (Phi) is 5.98. The summed E-state index contributed by atoms with van der Waals surface area (Å²) in [6, 6.07) is 17.3. The molecule has 0 atom stereocenters. The topological polar surface area (TPSA) is 15.7 Å². The lowest BCUT2D eigenvalue weighted by atomic mass is 10.0. The molecule has 0 spiro atoms. The highest BCUT2D eigenvalue weighted by molar-refractivity contribution is 5.46. The summed E-state index contributed by atoms with van der Waals surface area (Å²) in [7, 11) is 0. The first-order valence-corrected chi connectivity index (χ1v) is 9.39. The summed E-state index contributed by atoms with van der Waals surface area (Å²) in [5.41, 5.74) is 3.90. The second-order valence-corrected chi connectivity index (χ2v) is 7.19. The summed E-state index contributed by atoms with van der Waals surface area (Å²) in [4.78, 5) is 4.97. The van der Waals surface area contributed by atoms with Crippen molar-refractivity contribution in [2.75, 3.05) is 44.2 Å². The van der Waals surface area contributed by atoms with Crippen molar-refractivity contribution in [3.05, 3.63) is 59.7 Å². The molecule has 1 fully saturated rings. The lowest BCUT2D eigenvalue weighted by Gasteiger charge is -2.36. The molecule has 0 amide bonds. The number of piperazine rings is 1. The Bertz CT molecular complexity index is 661. The smallest absolute Gasteiger partial charge is 0.122 e. The average Bonchev–Trinajstić information content (AvgIpc) is 2.64. The fraction of sp³-hybridized carbons (Fsp3) is 0.455. The number of rotatable bonds is 6. The number of benzene rings is 2. The number of aryl methyl sites for hydroxylation is 1. The molecule has 25 heavy (non-hydrogen) atoms. The van der Waals surface area contributed by atoms with E-state index in [9.17, 15) is 0 Å². The number of para-hydroxylation sites is 1. The van der Waals surface area contributed by atoms with Crippen LogP contribution >= 0.6 is 0 Å². The molecule has 0 saturated carbocycles. The molecule has 1 aliphatic rings. The van der Waals surface area contributed by atoms with Gasteiger partial charge in [0.25, 0.3) is 0 Å². The monoisotopic (exact) mass is 338 g/mol. The third-order valence-electron chi connectivity index (χ3n) is 5.04. The molecule has 0 N–H and O–H groups in total. The van der Waals surface area contributed by atoms with Gasteiger partial charge in [-0.2, -0.15) is 0 Å². The number of anilines is 1. The quantitative estimate of drug-likeness (QED) is 0.780. The second kappa shape index (κ2) is 8.39. The highest BCUT2D eigenvalue weighted by atomic mass is 16.5. The molecule has 2 aromatic carbocycles. The van der Waals surface area contributed by atoms with Crippen molar-refractivity contribution in [3.63, 3.8) is 0 Å². The molecule has 3 nitrogen and oxygen atoms in total. The molecule has 3 rings (SSSR count). The molecule has 0 radical (unpaired) electrons. The van der Waals surface area contributed by atoms with Crippen LogP contribution in [0.5, 0.6) is 5.75 Å². The molecule has 134 valence electrons. The van der Waals surface area contributed by atoms with Crippen molar-refractivity contribution < 1.29 is 4.74 Å². The van der Waals surface area contributed by atoms with Gasteiger partial charge in [-0.1, -0.05) is 44.2 Å². The standard InChI is InChI=1S/C22H30N2O/c1-18(2)20-10-9-19(3)22(17-20)25-16-15-23-11-13-24(14-12-23)21-7-5-4-6-8-21/h4-10,17-18H,11-16H2,1-3H3. The van der Waals surface area contributed by atoms with Crippen LogP contribution in [0.25, 0.3) is 0 Å². The summed E-state index contributed by atoms with van der Waals surface area (Å²) in [5.74, 6) is 1.57. The van der Waals surface area contributed by atoms with Gasteiger partial charge in [-0.05, 0) is 42.2 Å². The Morgan fingerprint density at radius 3 is 2.36 bits per heavy atom. The molecule has 2 aromatic rings. The lowest BCUT2D eigenvalue weighted by Crippen LogP contribution is -2.47. The van der Waals surface area contributed by atoms with E-state index in [1.54, 1.807) is 0 Å².